The Kier molecular flexibility index (Phi) is 3.09. The molecule has 0 aliphatic carbocycles. The van der Waals surface area contributed by atoms with Crippen LogP contribution in [0.2, 0.25) is 0 Å². The lowest BCUT2D eigenvalue weighted by molar-refractivity contribution is 0.581. The molecule has 4 N–H and O–H groups in total. The summed E-state index contributed by atoms with van der Waals surface area (Å²) < 4.78 is 27.9. The fourth-order valence-electron chi connectivity index (χ4n) is 1.49. The van der Waals surface area contributed by atoms with Crippen molar-refractivity contribution in [2.24, 2.45) is 7.05 Å². The second kappa shape index (κ2) is 4.42. The molecule has 0 unspecified atom stereocenters. The number of aryl methyl sites for hydroxylation is 2. The van der Waals surface area contributed by atoms with Crippen molar-refractivity contribution in [3.8, 4) is 0 Å². The van der Waals surface area contributed by atoms with Crippen LogP contribution in [0.5, 0.6) is 0 Å². The molecule has 0 aliphatic rings. The lowest BCUT2D eigenvalue weighted by Gasteiger charge is -2.05. The first-order valence-corrected chi connectivity index (χ1v) is 6.66. The van der Waals surface area contributed by atoms with E-state index in [1.807, 2.05) is 0 Å². The Morgan fingerprint density at radius 1 is 1.50 bits per heavy atom. The molecule has 0 saturated carbocycles. The van der Waals surface area contributed by atoms with Crippen molar-refractivity contribution >= 4 is 15.8 Å². The van der Waals surface area contributed by atoms with Crippen LogP contribution in [0.1, 0.15) is 11.3 Å². The molecule has 0 aromatic carbocycles. The molecule has 18 heavy (non-hydrogen) atoms. The predicted octanol–water partition coefficient (Wildman–Crippen LogP) is -0.488. The van der Waals surface area contributed by atoms with Gasteiger partial charge in [0.1, 0.15) is 10.7 Å². The van der Waals surface area contributed by atoms with Crippen LogP contribution < -0.4 is 10.5 Å². The Morgan fingerprint density at radius 2 is 2.22 bits per heavy atom. The SMILES string of the molecule is Cc1[nH]ncc1S(=O)(=O)NCc1cnn(C)c1N. The van der Waals surface area contributed by atoms with Crippen molar-refractivity contribution in [1.82, 2.24) is 24.7 Å². The van der Waals surface area contributed by atoms with Gasteiger partial charge >= 0.3 is 0 Å². The molecule has 0 spiro atoms. The first-order valence-electron chi connectivity index (χ1n) is 5.18. The minimum Gasteiger partial charge on any atom is -0.384 e. The summed E-state index contributed by atoms with van der Waals surface area (Å²) in [6, 6.07) is 0. The Bertz CT molecular complexity index is 656. The normalized spacial score (nSPS) is 11.9. The van der Waals surface area contributed by atoms with E-state index in [1.165, 1.54) is 17.1 Å². The van der Waals surface area contributed by atoms with Gasteiger partial charge in [0.05, 0.1) is 18.1 Å². The number of nitrogens with one attached hydrogen (secondary N) is 2. The Labute approximate surface area is 104 Å². The highest BCUT2D eigenvalue weighted by molar-refractivity contribution is 7.89. The third-order valence-corrected chi connectivity index (χ3v) is 4.11. The number of rotatable bonds is 4. The van der Waals surface area contributed by atoms with Crippen LogP contribution in [0, 0.1) is 6.92 Å². The smallest absolute Gasteiger partial charge is 0.244 e. The van der Waals surface area contributed by atoms with Gasteiger partial charge in [-0.1, -0.05) is 0 Å². The van der Waals surface area contributed by atoms with Gasteiger partial charge in [-0.2, -0.15) is 10.2 Å². The van der Waals surface area contributed by atoms with Crippen LogP contribution in [0.4, 0.5) is 5.82 Å². The standard InChI is InChI=1S/C9H14N6O2S/c1-6-8(5-11-14-6)18(16,17)13-4-7-3-12-15(2)9(7)10/h3,5,13H,4,10H2,1-2H3,(H,11,14). The summed E-state index contributed by atoms with van der Waals surface area (Å²) in [4.78, 5) is 0.130. The molecule has 9 heteroatoms. The number of hydrogen-bond donors (Lipinski definition) is 3. The molecule has 0 saturated heterocycles. The fraction of sp³-hybridized carbons (Fsp3) is 0.333. The van der Waals surface area contributed by atoms with Gasteiger partial charge < -0.3 is 5.73 Å². The fourth-order valence-corrected chi connectivity index (χ4v) is 2.63. The number of aromatic amines is 1. The molecule has 8 nitrogen and oxygen atoms in total. The van der Waals surface area contributed by atoms with E-state index in [0.29, 0.717) is 17.1 Å². The third kappa shape index (κ3) is 2.22. The topological polar surface area (TPSA) is 119 Å². The summed E-state index contributed by atoms with van der Waals surface area (Å²) in [7, 11) is -1.90. The zero-order valence-corrected chi connectivity index (χ0v) is 10.8. The summed E-state index contributed by atoms with van der Waals surface area (Å²) in [6.07, 6.45) is 2.80. The van der Waals surface area contributed by atoms with E-state index in [9.17, 15) is 8.42 Å². The molecule has 0 radical (unpaired) electrons. The van der Waals surface area contributed by atoms with Gasteiger partial charge in [-0.3, -0.25) is 9.78 Å². The van der Waals surface area contributed by atoms with E-state index in [0.717, 1.165) is 0 Å². The first-order chi connectivity index (χ1) is 8.42. The second-order valence-corrected chi connectivity index (χ2v) is 5.60. The highest BCUT2D eigenvalue weighted by Gasteiger charge is 2.19. The highest BCUT2D eigenvalue weighted by atomic mass is 32.2. The van der Waals surface area contributed by atoms with E-state index in [1.54, 1.807) is 14.0 Å². The van der Waals surface area contributed by atoms with Crippen LogP contribution in [-0.2, 0) is 23.6 Å². The molecule has 0 aliphatic heterocycles. The number of anilines is 1. The van der Waals surface area contributed by atoms with E-state index >= 15 is 0 Å². The van der Waals surface area contributed by atoms with Crippen LogP contribution in [0.15, 0.2) is 17.3 Å². The van der Waals surface area contributed by atoms with Crippen molar-refractivity contribution in [3.63, 3.8) is 0 Å². The number of sulfonamides is 1. The summed E-state index contributed by atoms with van der Waals surface area (Å²) in [6.45, 7) is 1.73. The molecular weight excluding hydrogens is 256 g/mol. The quantitative estimate of drug-likeness (QED) is 0.693. The lowest BCUT2D eigenvalue weighted by Crippen LogP contribution is -2.23. The molecule has 2 rings (SSSR count). The van der Waals surface area contributed by atoms with Crippen molar-refractivity contribution < 1.29 is 8.42 Å². The van der Waals surface area contributed by atoms with Gasteiger partial charge in [0, 0.05) is 19.2 Å². The van der Waals surface area contributed by atoms with Crippen molar-refractivity contribution in [2.75, 3.05) is 5.73 Å². The van der Waals surface area contributed by atoms with Crippen LogP contribution in [0.3, 0.4) is 0 Å². The minimum atomic E-state index is -3.59. The largest absolute Gasteiger partial charge is 0.384 e. The summed E-state index contributed by atoms with van der Waals surface area (Å²) in [5.74, 6) is 0.432. The molecule has 2 heterocycles. The molecule has 0 bridgehead atoms. The number of nitrogens with zero attached hydrogens (tertiary/aromatic N) is 3. The number of hydrogen-bond acceptors (Lipinski definition) is 5. The molecule has 2 aromatic heterocycles. The molecule has 0 fully saturated rings. The van der Waals surface area contributed by atoms with Crippen molar-refractivity contribution in [1.29, 1.82) is 0 Å². The van der Waals surface area contributed by atoms with Gasteiger partial charge in [-0.25, -0.2) is 13.1 Å². The summed E-state index contributed by atoms with van der Waals surface area (Å²) in [5.41, 5.74) is 6.84. The Balaban J connectivity index is 2.16. The Morgan fingerprint density at radius 3 is 2.72 bits per heavy atom. The van der Waals surface area contributed by atoms with E-state index < -0.39 is 10.0 Å². The van der Waals surface area contributed by atoms with Gasteiger partial charge in [-0.15, -0.1) is 0 Å². The molecular formula is C9H14N6O2S. The Hall–Kier alpha value is -1.87. The average molecular weight is 270 g/mol. The summed E-state index contributed by atoms with van der Waals surface area (Å²) >= 11 is 0. The van der Waals surface area contributed by atoms with Gasteiger partial charge in [0.15, 0.2) is 0 Å². The van der Waals surface area contributed by atoms with E-state index in [2.05, 4.69) is 20.0 Å². The highest BCUT2D eigenvalue weighted by Crippen LogP contribution is 2.13. The van der Waals surface area contributed by atoms with E-state index in [4.69, 9.17) is 5.73 Å². The monoisotopic (exact) mass is 270 g/mol. The lowest BCUT2D eigenvalue weighted by atomic mass is 10.3. The maximum atomic E-state index is 12.0. The molecule has 0 amide bonds. The molecule has 2 aromatic rings. The maximum absolute atomic E-state index is 12.0. The average Bonchev–Trinajstić information content (AvgIpc) is 2.86. The molecule has 0 atom stereocenters. The van der Waals surface area contributed by atoms with Crippen LogP contribution >= 0.6 is 0 Å². The zero-order valence-electron chi connectivity index (χ0n) is 10.0. The third-order valence-electron chi connectivity index (χ3n) is 2.59. The zero-order chi connectivity index (χ0) is 13.3. The van der Waals surface area contributed by atoms with Crippen molar-refractivity contribution in [3.05, 3.63) is 23.7 Å². The van der Waals surface area contributed by atoms with Gasteiger partial charge in [0.25, 0.3) is 0 Å². The first kappa shape index (κ1) is 12.6. The number of aromatic nitrogens is 4. The van der Waals surface area contributed by atoms with Gasteiger partial charge in [-0.05, 0) is 6.92 Å². The van der Waals surface area contributed by atoms with Crippen LogP contribution in [0.25, 0.3) is 0 Å². The predicted molar refractivity (Wildman–Crippen MR) is 65.0 cm³/mol. The summed E-state index contributed by atoms with van der Waals surface area (Å²) in [5, 5.41) is 10.2. The molecule has 98 valence electrons. The number of nitrogen functional groups attached to an aromatic ring is 1. The van der Waals surface area contributed by atoms with Crippen LogP contribution in [-0.4, -0.2) is 28.4 Å². The number of H-pyrrole nitrogens is 1. The van der Waals surface area contributed by atoms with E-state index in [-0.39, 0.29) is 11.4 Å². The number of nitrogens with two attached hydrogens (primary N) is 1. The maximum Gasteiger partial charge on any atom is 0.244 e. The minimum absolute atomic E-state index is 0.0899. The van der Waals surface area contributed by atoms with Gasteiger partial charge in [0.2, 0.25) is 10.0 Å². The van der Waals surface area contributed by atoms with Crippen molar-refractivity contribution in [2.45, 2.75) is 18.4 Å². The second-order valence-electron chi connectivity index (χ2n) is 3.86.